The van der Waals surface area contributed by atoms with E-state index in [0.717, 1.165) is 6.42 Å². The number of aliphatic carboxylic acids is 1. The van der Waals surface area contributed by atoms with E-state index in [9.17, 15) is 9.59 Å². The number of rotatable bonds is 5. The number of carboxylic acid groups (broad SMARTS) is 1. The lowest BCUT2D eigenvalue weighted by atomic mass is 10.1. The lowest BCUT2D eigenvalue weighted by molar-refractivity contribution is -0.143. The van der Waals surface area contributed by atoms with Crippen LogP contribution in [0.15, 0.2) is 0 Å². The van der Waals surface area contributed by atoms with Gasteiger partial charge in [0.1, 0.15) is 5.54 Å². The number of amides is 1. The van der Waals surface area contributed by atoms with Crippen LogP contribution in [-0.2, 0) is 9.53 Å². The number of carbonyl (C=O) groups is 2. The molecule has 0 aliphatic heterocycles. The predicted octanol–water partition coefficient (Wildman–Crippen LogP) is 1.62. The van der Waals surface area contributed by atoms with Crippen molar-refractivity contribution in [3.05, 3.63) is 0 Å². The first-order valence-electron chi connectivity index (χ1n) is 4.94. The smallest absolute Gasteiger partial charge is 0.408 e. The van der Waals surface area contributed by atoms with Crippen molar-refractivity contribution < 1.29 is 19.4 Å². The fourth-order valence-electron chi connectivity index (χ4n) is 0.732. The number of ether oxygens (including phenoxy) is 1. The number of carbonyl (C=O) groups excluding carboxylic acids is 1. The van der Waals surface area contributed by atoms with E-state index in [1.54, 1.807) is 0 Å². The third kappa shape index (κ3) is 5.93. The maximum Gasteiger partial charge on any atom is 0.408 e. The average Bonchev–Trinajstić information content (AvgIpc) is 2.01. The van der Waals surface area contributed by atoms with Gasteiger partial charge >= 0.3 is 12.1 Å². The highest BCUT2D eigenvalue weighted by molar-refractivity contribution is 5.83. The minimum atomic E-state index is -1.30. The Kier molecular flexibility index (Phi) is 5.11. The molecule has 0 unspecified atom stereocenters. The molecule has 2 N–H and O–H groups in total. The molecule has 0 aromatic rings. The Labute approximate surface area is 89.8 Å². The van der Waals surface area contributed by atoms with Crippen LogP contribution in [0.1, 0.15) is 34.1 Å². The van der Waals surface area contributed by atoms with Gasteiger partial charge in [-0.15, -0.1) is 0 Å². The number of nitrogens with one attached hydrogen (secondary N) is 1. The van der Waals surface area contributed by atoms with E-state index in [4.69, 9.17) is 9.84 Å². The Balaban J connectivity index is 3.89. The summed E-state index contributed by atoms with van der Waals surface area (Å²) in [6.45, 7) is 7.14. The van der Waals surface area contributed by atoms with Crippen LogP contribution < -0.4 is 5.32 Å². The molecule has 5 heteroatoms. The first-order chi connectivity index (χ1) is 6.75. The van der Waals surface area contributed by atoms with Crippen molar-refractivity contribution in [2.75, 3.05) is 6.61 Å². The summed E-state index contributed by atoms with van der Waals surface area (Å²) in [7, 11) is 0. The molecule has 0 bridgehead atoms. The molecule has 88 valence electrons. The number of hydrogen-bond acceptors (Lipinski definition) is 3. The zero-order chi connectivity index (χ0) is 12.1. The molecule has 0 saturated heterocycles. The van der Waals surface area contributed by atoms with Gasteiger partial charge in [-0.05, 0) is 26.2 Å². The Hall–Kier alpha value is -1.26. The van der Waals surface area contributed by atoms with Gasteiger partial charge in [0.15, 0.2) is 0 Å². The highest BCUT2D eigenvalue weighted by atomic mass is 16.5. The molecular weight excluding hydrogens is 198 g/mol. The first kappa shape index (κ1) is 13.7. The van der Waals surface area contributed by atoms with Crippen molar-refractivity contribution in [2.45, 2.75) is 39.7 Å². The SMILES string of the molecule is CC(C)CCOC(=O)NC(C)(C)C(=O)O. The summed E-state index contributed by atoms with van der Waals surface area (Å²) in [4.78, 5) is 21.8. The van der Waals surface area contributed by atoms with Crippen molar-refractivity contribution in [3.63, 3.8) is 0 Å². The molecule has 0 aliphatic rings. The molecule has 0 aromatic carbocycles. The Bertz CT molecular complexity index is 236. The second-order valence-electron chi connectivity index (χ2n) is 4.37. The van der Waals surface area contributed by atoms with Crippen molar-refractivity contribution in [3.8, 4) is 0 Å². The van der Waals surface area contributed by atoms with Crippen molar-refractivity contribution in [2.24, 2.45) is 5.92 Å². The molecule has 5 nitrogen and oxygen atoms in total. The molecule has 0 saturated carbocycles. The molecule has 0 aromatic heterocycles. The molecule has 0 radical (unpaired) electrons. The molecule has 0 aliphatic carbocycles. The fraction of sp³-hybridized carbons (Fsp3) is 0.800. The minimum Gasteiger partial charge on any atom is -0.480 e. The monoisotopic (exact) mass is 217 g/mol. The van der Waals surface area contributed by atoms with Crippen LogP contribution in [0, 0.1) is 5.92 Å². The standard InChI is InChI=1S/C10H19NO4/c1-7(2)5-6-15-9(14)11-10(3,4)8(12)13/h7H,5-6H2,1-4H3,(H,11,14)(H,12,13). The Morgan fingerprint density at radius 3 is 2.33 bits per heavy atom. The van der Waals surface area contributed by atoms with Crippen LogP contribution in [0.5, 0.6) is 0 Å². The van der Waals surface area contributed by atoms with Crippen LogP contribution in [-0.4, -0.2) is 29.3 Å². The van der Waals surface area contributed by atoms with E-state index < -0.39 is 17.6 Å². The highest BCUT2D eigenvalue weighted by Crippen LogP contribution is 2.03. The maximum absolute atomic E-state index is 11.1. The van der Waals surface area contributed by atoms with E-state index in [2.05, 4.69) is 5.32 Å². The largest absolute Gasteiger partial charge is 0.480 e. The molecule has 1 amide bonds. The van der Waals surface area contributed by atoms with Crippen LogP contribution >= 0.6 is 0 Å². The Morgan fingerprint density at radius 2 is 1.93 bits per heavy atom. The van der Waals surface area contributed by atoms with Gasteiger partial charge in [0, 0.05) is 0 Å². The van der Waals surface area contributed by atoms with Gasteiger partial charge in [-0.2, -0.15) is 0 Å². The minimum absolute atomic E-state index is 0.305. The van der Waals surface area contributed by atoms with Crippen molar-refractivity contribution in [1.29, 1.82) is 0 Å². The zero-order valence-electron chi connectivity index (χ0n) is 9.66. The second kappa shape index (κ2) is 5.58. The summed E-state index contributed by atoms with van der Waals surface area (Å²) in [5.74, 6) is -0.645. The van der Waals surface area contributed by atoms with Crippen LogP contribution in [0.4, 0.5) is 4.79 Å². The topological polar surface area (TPSA) is 75.6 Å². The maximum atomic E-state index is 11.1. The second-order valence-corrected chi connectivity index (χ2v) is 4.37. The summed E-state index contributed by atoms with van der Waals surface area (Å²) in [6, 6.07) is 0. The summed E-state index contributed by atoms with van der Waals surface area (Å²) in [5, 5.41) is 11.0. The van der Waals surface area contributed by atoms with Gasteiger partial charge < -0.3 is 15.2 Å². The van der Waals surface area contributed by atoms with Gasteiger partial charge in [0.2, 0.25) is 0 Å². The number of alkyl carbamates (subject to hydrolysis) is 1. The van der Waals surface area contributed by atoms with Crippen LogP contribution in [0.2, 0.25) is 0 Å². The summed E-state index contributed by atoms with van der Waals surface area (Å²) >= 11 is 0. The quantitative estimate of drug-likeness (QED) is 0.733. The van der Waals surface area contributed by atoms with Gasteiger partial charge in [-0.1, -0.05) is 13.8 Å². The summed E-state index contributed by atoms with van der Waals surface area (Å²) < 4.78 is 4.83. The van der Waals surface area contributed by atoms with Crippen LogP contribution in [0.3, 0.4) is 0 Å². The van der Waals surface area contributed by atoms with Gasteiger partial charge in [0.25, 0.3) is 0 Å². The lowest BCUT2D eigenvalue weighted by Crippen LogP contribution is -2.49. The third-order valence-corrected chi connectivity index (χ3v) is 1.88. The average molecular weight is 217 g/mol. The molecule has 0 rings (SSSR count). The molecular formula is C10H19NO4. The molecule has 0 heterocycles. The van der Waals surface area contributed by atoms with Crippen molar-refractivity contribution >= 4 is 12.1 Å². The van der Waals surface area contributed by atoms with E-state index >= 15 is 0 Å². The highest BCUT2D eigenvalue weighted by Gasteiger charge is 2.29. The van der Waals surface area contributed by atoms with Crippen molar-refractivity contribution in [1.82, 2.24) is 5.32 Å². The lowest BCUT2D eigenvalue weighted by Gasteiger charge is -2.20. The van der Waals surface area contributed by atoms with E-state index in [-0.39, 0.29) is 0 Å². The number of carboxylic acids is 1. The van der Waals surface area contributed by atoms with E-state index in [1.807, 2.05) is 13.8 Å². The molecule has 15 heavy (non-hydrogen) atoms. The van der Waals surface area contributed by atoms with Gasteiger partial charge in [0.05, 0.1) is 6.61 Å². The van der Waals surface area contributed by atoms with Gasteiger partial charge in [-0.25, -0.2) is 9.59 Å². The first-order valence-corrected chi connectivity index (χ1v) is 4.94. The normalized spacial score (nSPS) is 11.3. The third-order valence-electron chi connectivity index (χ3n) is 1.88. The van der Waals surface area contributed by atoms with Crippen LogP contribution in [0.25, 0.3) is 0 Å². The predicted molar refractivity (Wildman–Crippen MR) is 55.7 cm³/mol. The van der Waals surface area contributed by atoms with Gasteiger partial charge in [-0.3, -0.25) is 0 Å². The summed E-state index contributed by atoms with van der Waals surface area (Å²) in [5.41, 5.74) is -1.30. The molecule has 0 atom stereocenters. The molecule has 0 spiro atoms. The summed E-state index contributed by atoms with van der Waals surface area (Å²) in [6.07, 6.45) is 0.0732. The van der Waals surface area contributed by atoms with E-state index in [0.29, 0.717) is 12.5 Å². The molecule has 0 fully saturated rings. The Morgan fingerprint density at radius 1 is 1.40 bits per heavy atom. The fourth-order valence-corrected chi connectivity index (χ4v) is 0.732. The zero-order valence-corrected chi connectivity index (χ0v) is 9.66. The number of hydrogen-bond donors (Lipinski definition) is 2. The van der Waals surface area contributed by atoms with E-state index in [1.165, 1.54) is 13.8 Å².